The highest BCUT2D eigenvalue weighted by Gasteiger charge is 2.21. The molecule has 0 radical (unpaired) electrons. The highest BCUT2D eigenvalue weighted by Crippen LogP contribution is 2.26. The van der Waals surface area contributed by atoms with E-state index in [0.29, 0.717) is 18.7 Å². The van der Waals surface area contributed by atoms with Crippen molar-refractivity contribution in [2.45, 2.75) is 45.1 Å². The van der Waals surface area contributed by atoms with Gasteiger partial charge in [-0.25, -0.2) is 0 Å². The Balaban J connectivity index is 1.81. The van der Waals surface area contributed by atoms with Gasteiger partial charge in [0.2, 0.25) is 5.91 Å². The molecule has 0 aromatic heterocycles. The van der Waals surface area contributed by atoms with Gasteiger partial charge in [0, 0.05) is 12.1 Å². The Morgan fingerprint density at radius 2 is 1.66 bits per heavy atom. The van der Waals surface area contributed by atoms with E-state index in [1.807, 2.05) is 78.9 Å². The number of nitrogens with one attached hydrogen (secondary N) is 1. The van der Waals surface area contributed by atoms with E-state index >= 15 is 0 Å². The Kier molecular flexibility index (Phi) is 8.44. The Morgan fingerprint density at radius 3 is 2.31 bits per heavy atom. The molecule has 3 aromatic carbocycles. The predicted molar refractivity (Wildman–Crippen MR) is 126 cm³/mol. The maximum atomic E-state index is 13.2. The van der Waals surface area contributed by atoms with E-state index in [0.717, 1.165) is 35.3 Å². The molecule has 0 saturated heterocycles. The molecule has 3 rings (SSSR count). The highest BCUT2D eigenvalue weighted by atomic mass is 16.5. The summed E-state index contributed by atoms with van der Waals surface area (Å²) in [5, 5.41) is 12.2. The van der Waals surface area contributed by atoms with Gasteiger partial charge in [0.05, 0.1) is 5.92 Å². The zero-order valence-electron chi connectivity index (χ0n) is 18.3. The summed E-state index contributed by atoms with van der Waals surface area (Å²) >= 11 is 0. The summed E-state index contributed by atoms with van der Waals surface area (Å²) in [5.74, 6) is -0.458. The number of anilines is 1. The molecule has 1 atom stereocenters. The first kappa shape index (κ1) is 23.1. The molecule has 0 aliphatic carbocycles. The lowest BCUT2D eigenvalue weighted by molar-refractivity contribution is -0.137. The molecule has 5 heteroatoms. The second kappa shape index (κ2) is 11.7. The maximum absolute atomic E-state index is 13.2. The zero-order valence-corrected chi connectivity index (χ0v) is 18.3. The highest BCUT2D eigenvalue weighted by molar-refractivity contribution is 5.96. The van der Waals surface area contributed by atoms with E-state index in [1.54, 1.807) is 0 Å². The normalized spacial score (nSPS) is 11.5. The van der Waals surface area contributed by atoms with Crippen molar-refractivity contribution in [3.8, 4) is 5.75 Å². The van der Waals surface area contributed by atoms with Crippen molar-refractivity contribution in [2.75, 3.05) is 5.32 Å². The lowest BCUT2D eigenvalue weighted by atomic mass is 9.93. The number of carbonyl (C=O) groups excluding carboxylic acids is 1. The molecule has 0 fully saturated rings. The summed E-state index contributed by atoms with van der Waals surface area (Å²) in [5.41, 5.74) is 3.31. The fourth-order valence-corrected chi connectivity index (χ4v) is 3.62. The third-order valence-electron chi connectivity index (χ3n) is 5.28. The summed E-state index contributed by atoms with van der Waals surface area (Å²) in [4.78, 5) is 24.3. The van der Waals surface area contributed by atoms with Crippen molar-refractivity contribution < 1.29 is 19.4 Å². The number of aryl methyl sites for hydroxylation is 1. The van der Waals surface area contributed by atoms with Crippen LogP contribution in [0.25, 0.3) is 0 Å². The van der Waals surface area contributed by atoms with Crippen LogP contribution in [0, 0.1) is 0 Å². The SMILES string of the molecule is CCCC(C(=O)Nc1cc(COc2ccccc2)ccc1CCC(=O)O)c1ccccc1. The van der Waals surface area contributed by atoms with Crippen LogP contribution in [-0.2, 0) is 22.6 Å². The van der Waals surface area contributed by atoms with Gasteiger partial charge < -0.3 is 15.2 Å². The van der Waals surface area contributed by atoms with E-state index in [2.05, 4.69) is 12.2 Å². The van der Waals surface area contributed by atoms with Crippen LogP contribution in [0.1, 0.15) is 48.8 Å². The molecule has 166 valence electrons. The third-order valence-corrected chi connectivity index (χ3v) is 5.28. The topological polar surface area (TPSA) is 75.6 Å². The van der Waals surface area contributed by atoms with Crippen molar-refractivity contribution in [3.05, 3.63) is 95.6 Å². The first-order valence-electron chi connectivity index (χ1n) is 10.9. The summed E-state index contributed by atoms with van der Waals surface area (Å²) in [6.45, 7) is 2.41. The quantitative estimate of drug-likeness (QED) is 0.402. The lowest BCUT2D eigenvalue weighted by Crippen LogP contribution is -2.22. The van der Waals surface area contributed by atoms with Gasteiger partial charge in [0.25, 0.3) is 0 Å². The number of ether oxygens (including phenoxy) is 1. The Labute approximate surface area is 189 Å². The Morgan fingerprint density at radius 1 is 0.969 bits per heavy atom. The number of rotatable bonds is 11. The fraction of sp³-hybridized carbons (Fsp3) is 0.259. The van der Waals surface area contributed by atoms with Crippen LogP contribution in [0.15, 0.2) is 78.9 Å². The van der Waals surface area contributed by atoms with Crippen molar-refractivity contribution in [1.82, 2.24) is 0 Å². The molecule has 5 nitrogen and oxygen atoms in total. The number of hydrogen-bond donors (Lipinski definition) is 2. The maximum Gasteiger partial charge on any atom is 0.303 e. The average Bonchev–Trinajstić information content (AvgIpc) is 2.81. The van der Waals surface area contributed by atoms with Crippen molar-refractivity contribution in [1.29, 1.82) is 0 Å². The summed E-state index contributed by atoms with van der Waals surface area (Å²) < 4.78 is 5.84. The van der Waals surface area contributed by atoms with Gasteiger partial charge in [-0.1, -0.05) is 74.0 Å². The van der Waals surface area contributed by atoms with Crippen LogP contribution in [0.4, 0.5) is 5.69 Å². The molecular weight excluding hydrogens is 402 g/mol. The minimum Gasteiger partial charge on any atom is -0.489 e. The molecule has 0 heterocycles. The number of amides is 1. The number of benzene rings is 3. The van der Waals surface area contributed by atoms with Gasteiger partial charge in [-0.3, -0.25) is 9.59 Å². The predicted octanol–water partition coefficient (Wildman–Crippen LogP) is 5.81. The third kappa shape index (κ3) is 6.71. The summed E-state index contributed by atoms with van der Waals surface area (Å²) in [7, 11) is 0. The van der Waals surface area contributed by atoms with Gasteiger partial charge in [0.1, 0.15) is 12.4 Å². The molecular formula is C27H29NO4. The van der Waals surface area contributed by atoms with Gasteiger partial charge >= 0.3 is 5.97 Å². The molecule has 1 amide bonds. The van der Waals surface area contributed by atoms with E-state index in [1.165, 1.54) is 0 Å². The summed E-state index contributed by atoms with van der Waals surface area (Å²) in [6.07, 6.45) is 1.95. The molecule has 2 N–H and O–H groups in total. The van der Waals surface area contributed by atoms with E-state index in [4.69, 9.17) is 9.84 Å². The molecule has 1 unspecified atom stereocenters. The van der Waals surface area contributed by atoms with Crippen LogP contribution in [0.2, 0.25) is 0 Å². The first-order chi connectivity index (χ1) is 15.6. The van der Waals surface area contributed by atoms with E-state index < -0.39 is 5.97 Å². The Bertz CT molecular complexity index is 1020. The van der Waals surface area contributed by atoms with Crippen LogP contribution in [0.5, 0.6) is 5.75 Å². The van der Waals surface area contributed by atoms with Gasteiger partial charge in [-0.05, 0) is 47.7 Å². The number of aliphatic carboxylic acids is 1. The molecule has 0 saturated carbocycles. The monoisotopic (exact) mass is 431 g/mol. The average molecular weight is 432 g/mol. The smallest absolute Gasteiger partial charge is 0.303 e. The van der Waals surface area contributed by atoms with Crippen LogP contribution in [0.3, 0.4) is 0 Å². The van der Waals surface area contributed by atoms with E-state index in [-0.39, 0.29) is 18.2 Å². The number of carboxylic acids is 1. The number of para-hydroxylation sites is 1. The second-order valence-corrected chi connectivity index (χ2v) is 7.73. The second-order valence-electron chi connectivity index (χ2n) is 7.73. The largest absolute Gasteiger partial charge is 0.489 e. The number of carbonyl (C=O) groups is 2. The molecule has 32 heavy (non-hydrogen) atoms. The van der Waals surface area contributed by atoms with Gasteiger partial charge in [0.15, 0.2) is 0 Å². The molecule has 3 aromatic rings. The van der Waals surface area contributed by atoms with Crippen LogP contribution < -0.4 is 10.1 Å². The molecule has 0 spiro atoms. The first-order valence-corrected chi connectivity index (χ1v) is 10.9. The zero-order chi connectivity index (χ0) is 22.8. The molecule has 0 aliphatic heterocycles. The fourth-order valence-electron chi connectivity index (χ4n) is 3.62. The van der Waals surface area contributed by atoms with Crippen molar-refractivity contribution in [3.63, 3.8) is 0 Å². The van der Waals surface area contributed by atoms with Gasteiger partial charge in [-0.2, -0.15) is 0 Å². The molecule has 0 aliphatic rings. The standard InChI is InChI=1S/C27H29NO4/c1-2-9-24(21-10-5-3-6-11-21)27(31)28-25-18-20(14-15-22(25)16-17-26(29)30)19-32-23-12-7-4-8-13-23/h3-8,10-15,18,24H,2,9,16-17,19H2,1H3,(H,28,31)(H,29,30). The Hall–Kier alpha value is -3.60. The lowest BCUT2D eigenvalue weighted by Gasteiger charge is -2.19. The number of carboxylic acid groups (broad SMARTS) is 1. The van der Waals surface area contributed by atoms with Crippen molar-refractivity contribution >= 4 is 17.6 Å². The minimum absolute atomic E-state index is 0.000192. The summed E-state index contributed by atoms with van der Waals surface area (Å²) in [6, 6.07) is 24.9. The molecule has 0 bridgehead atoms. The van der Waals surface area contributed by atoms with Crippen LogP contribution in [-0.4, -0.2) is 17.0 Å². The number of hydrogen-bond acceptors (Lipinski definition) is 3. The van der Waals surface area contributed by atoms with E-state index in [9.17, 15) is 9.59 Å². The van der Waals surface area contributed by atoms with Crippen molar-refractivity contribution in [2.24, 2.45) is 0 Å². The van der Waals surface area contributed by atoms with Gasteiger partial charge in [-0.15, -0.1) is 0 Å². The van der Waals surface area contributed by atoms with Crippen LogP contribution >= 0.6 is 0 Å². The minimum atomic E-state index is -0.869.